The van der Waals surface area contributed by atoms with E-state index >= 15 is 0 Å². The molecule has 408 valence electrons. The summed E-state index contributed by atoms with van der Waals surface area (Å²) < 4.78 is 16.9. The van der Waals surface area contributed by atoms with Crippen molar-refractivity contribution in [1.82, 2.24) is 0 Å². The van der Waals surface area contributed by atoms with E-state index in [1.165, 1.54) is 212 Å². The maximum Gasteiger partial charge on any atom is 0.306 e. The zero-order valence-electron chi connectivity index (χ0n) is 46.8. The molecule has 6 heteroatoms. The van der Waals surface area contributed by atoms with Gasteiger partial charge in [-0.2, -0.15) is 0 Å². The molecule has 0 aromatic carbocycles. The lowest BCUT2D eigenvalue weighted by Crippen LogP contribution is -2.30. The Hall–Kier alpha value is -2.63. The Morgan fingerprint density at radius 1 is 0.286 bits per heavy atom. The molecule has 0 radical (unpaired) electrons. The lowest BCUT2D eigenvalue weighted by atomic mass is 10.0. The lowest BCUT2D eigenvalue weighted by molar-refractivity contribution is -0.167. The number of allylic oxidation sites excluding steroid dienone is 8. The van der Waals surface area contributed by atoms with Crippen LogP contribution in [0.1, 0.15) is 323 Å². The van der Waals surface area contributed by atoms with Crippen LogP contribution in [0, 0.1) is 0 Å². The lowest BCUT2D eigenvalue weighted by Gasteiger charge is -2.18. The molecule has 0 spiro atoms. The highest BCUT2D eigenvalue weighted by atomic mass is 16.6. The Bertz CT molecular complexity index is 1220. The number of carbonyl (C=O) groups is 3. The smallest absolute Gasteiger partial charge is 0.306 e. The number of hydrogen-bond donors (Lipinski definition) is 0. The minimum atomic E-state index is -0.798. The van der Waals surface area contributed by atoms with E-state index in [9.17, 15) is 14.4 Å². The molecule has 0 unspecified atom stereocenters. The fraction of sp³-hybridized carbons (Fsp3) is 0.828. The van der Waals surface area contributed by atoms with E-state index < -0.39 is 6.10 Å². The summed E-state index contributed by atoms with van der Waals surface area (Å²) in [5.74, 6) is -0.926. The van der Waals surface area contributed by atoms with Gasteiger partial charge in [-0.05, 0) is 57.8 Å². The van der Waals surface area contributed by atoms with E-state index in [1.54, 1.807) is 0 Å². The van der Waals surface area contributed by atoms with Gasteiger partial charge in [-0.1, -0.05) is 294 Å². The highest BCUT2D eigenvalue weighted by Gasteiger charge is 2.19. The highest BCUT2D eigenvalue weighted by molar-refractivity contribution is 5.71. The van der Waals surface area contributed by atoms with Crippen molar-refractivity contribution in [1.29, 1.82) is 0 Å². The molecule has 0 aliphatic heterocycles. The summed E-state index contributed by atoms with van der Waals surface area (Å²) in [7, 11) is 0. The minimum Gasteiger partial charge on any atom is -0.462 e. The summed E-state index contributed by atoms with van der Waals surface area (Å²) in [6.07, 6.45) is 72.6. The molecular formula is C64H116O6. The topological polar surface area (TPSA) is 78.9 Å². The van der Waals surface area contributed by atoms with Gasteiger partial charge in [0.25, 0.3) is 0 Å². The van der Waals surface area contributed by atoms with Gasteiger partial charge < -0.3 is 14.2 Å². The number of unbranched alkanes of at least 4 members (excludes halogenated alkanes) is 37. The van der Waals surface area contributed by atoms with Crippen LogP contribution in [0.3, 0.4) is 0 Å². The van der Waals surface area contributed by atoms with Gasteiger partial charge in [0.05, 0.1) is 0 Å². The van der Waals surface area contributed by atoms with Crippen LogP contribution in [-0.2, 0) is 28.6 Å². The maximum absolute atomic E-state index is 12.9. The van der Waals surface area contributed by atoms with Crippen LogP contribution >= 0.6 is 0 Å². The minimum absolute atomic E-state index is 0.0901. The Labute approximate surface area is 435 Å². The Morgan fingerprint density at radius 3 is 0.843 bits per heavy atom. The van der Waals surface area contributed by atoms with Gasteiger partial charge in [-0.3, -0.25) is 14.4 Å². The Morgan fingerprint density at radius 2 is 0.529 bits per heavy atom. The molecule has 0 aliphatic carbocycles. The molecule has 0 aromatic heterocycles. The fourth-order valence-corrected chi connectivity index (χ4v) is 8.97. The van der Waals surface area contributed by atoms with Crippen molar-refractivity contribution in [2.75, 3.05) is 13.2 Å². The number of hydrogen-bond acceptors (Lipinski definition) is 6. The first-order chi connectivity index (χ1) is 34.5. The largest absolute Gasteiger partial charge is 0.462 e. The van der Waals surface area contributed by atoms with Crippen molar-refractivity contribution in [3.05, 3.63) is 48.6 Å². The molecule has 0 heterocycles. The predicted octanol–water partition coefficient (Wildman–Crippen LogP) is 20.6. The Kier molecular flexibility index (Phi) is 56.7. The van der Waals surface area contributed by atoms with Crippen molar-refractivity contribution < 1.29 is 28.6 Å². The van der Waals surface area contributed by atoms with Crippen LogP contribution in [0.2, 0.25) is 0 Å². The standard InChI is InChI=1S/C64H116O6/c1-4-7-10-13-16-19-22-25-28-31-32-34-36-39-42-45-48-51-54-57-63(66)69-60-61(59-68-62(65)56-53-50-47-44-41-38-35-30-27-24-21-18-15-12-9-6-3)70-64(67)58-55-52-49-46-43-40-37-33-29-26-23-20-17-14-11-8-5-2/h17,20,26,29,37,40,46,49,61H,4-16,18-19,21-25,27-28,30-36,38-39,41-45,47-48,50-60H2,1-3H3/b20-17-,29-26-,40-37-,49-46-/t61-/m1/s1. The molecule has 0 bridgehead atoms. The van der Waals surface area contributed by atoms with Gasteiger partial charge in [0.2, 0.25) is 0 Å². The molecule has 0 aromatic rings. The monoisotopic (exact) mass is 981 g/mol. The predicted molar refractivity (Wildman–Crippen MR) is 302 cm³/mol. The fourth-order valence-electron chi connectivity index (χ4n) is 8.97. The maximum atomic E-state index is 12.9. The molecule has 0 aliphatic rings. The Balaban J connectivity index is 4.40. The van der Waals surface area contributed by atoms with Crippen molar-refractivity contribution in [2.45, 2.75) is 329 Å². The molecule has 6 nitrogen and oxygen atoms in total. The van der Waals surface area contributed by atoms with E-state index in [0.717, 1.165) is 64.2 Å². The summed E-state index contributed by atoms with van der Waals surface area (Å²) >= 11 is 0. The van der Waals surface area contributed by atoms with Crippen molar-refractivity contribution in [2.24, 2.45) is 0 Å². The average Bonchev–Trinajstić information content (AvgIpc) is 3.36. The van der Waals surface area contributed by atoms with Crippen LogP contribution in [0.4, 0.5) is 0 Å². The zero-order chi connectivity index (χ0) is 50.7. The van der Waals surface area contributed by atoms with Crippen LogP contribution in [0.15, 0.2) is 48.6 Å². The molecule has 70 heavy (non-hydrogen) atoms. The first kappa shape index (κ1) is 67.4. The molecule has 0 rings (SSSR count). The quantitative estimate of drug-likeness (QED) is 0.0261. The second-order valence-corrected chi connectivity index (χ2v) is 20.6. The number of carbonyl (C=O) groups excluding carboxylic acids is 3. The van der Waals surface area contributed by atoms with Gasteiger partial charge in [0.1, 0.15) is 13.2 Å². The number of ether oxygens (including phenoxy) is 3. The summed E-state index contributed by atoms with van der Waals surface area (Å²) in [6.45, 7) is 6.62. The molecule has 0 saturated carbocycles. The number of esters is 3. The second-order valence-electron chi connectivity index (χ2n) is 20.6. The third-order valence-corrected chi connectivity index (χ3v) is 13.6. The summed E-state index contributed by atoms with van der Waals surface area (Å²) in [5, 5.41) is 0. The van der Waals surface area contributed by atoms with Crippen LogP contribution < -0.4 is 0 Å². The molecule has 1 atom stereocenters. The molecule has 0 saturated heterocycles. The molecule has 0 amide bonds. The van der Waals surface area contributed by atoms with E-state index in [-0.39, 0.29) is 37.5 Å². The van der Waals surface area contributed by atoms with E-state index in [0.29, 0.717) is 19.3 Å². The SMILES string of the molecule is CCCCC/C=C\C/C=C\C/C=C\C/C=C\CCCC(=O)O[C@H](COC(=O)CCCCCCCCCCCCCCCCCC)COC(=O)CCCCCCCCCCCCCCCCCCCCC. The van der Waals surface area contributed by atoms with E-state index in [1.807, 2.05) is 0 Å². The average molecular weight is 982 g/mol. The van der Waals surface area contributed by atoms with Gasteiger partial charge in [-0.15, -0.1) is 0 Å². The van der Waals surface area contributed by atoms with Gasteiger partial charge >= 0.3 is 17.9 Å². The van der Waals surface area contributed by atoms with Crippen LogP contribution in [0.25, 0.3) is 0 Å². The summed E-state index contributed by atoms with van der Waals surface area (Å²) in [4.78, 5) is 38.2. The molecular weight excluding hydrogens is 865 g/mol. The zero-order valence-corrected chi connectivity index (χ0v) is 46.8. The van der Waals surface area contributed by atoms with Gasteiger partial charge in [-0.25, -0.2) is 0 Å². The molecule has 0 N–H and O–H groups in total. The van der Waals surface area contributed by atoms with Gasteiger partial charge in [0.15, 0.2) is 6.10 Å². The van der Waals surface area contributed by atoms with Gasteiger partial charge in [0, 0.05) is 19.3 Å². The molecule has 0 fully saturated rings. The third-order valence-electron chi connectivity index (χ3n) is 13.6. The number of rotatable bonds is 56. The van der Waals surface area contributed by atoms with Crippen molar-refractivity contribution in [3.63, 3.8) is 0 Å². The first-order valence-corrected chi connectivity index (χ1v) is 30.6. The van der Waals surface area contributed by atoms with Crippen molar-refractivity contribution in [3.8, 4) is 0 Å². The van der Waals surface area contributed by atoms with Crippen LogP contribution in [-0.4, -0.2) is 37.2 Å². The van der Waals surface area contributed by atoms with Crippen LogP contribution in [0.5, 0.6) is 0 Å². The highest BCUT2D eigenvalue weighted by Crippen LogP contribution is 2.17. The normalized spacial score (nSPS) is 12.3. The second kappa shape index (κ2) is 58.9. The van der Waals surface area contributed by atoms with Crippen molar-refractivity contribution >= 4 is 17.9 Å². The first-order valence-electron chi connectivity index (χ1n) is 30.6. The summed E-state index contributed by atoms with van der Waals surface area (Å²) in [5.41, 5.74) is 0. The van der Waals surface area contributed by atoms with E-state index in [4.69, 9.17) is 14.2 Å². The summed E-state index contributed by atoms with van der Waals surface area (Å²) in [6, 6.07) is 0. The third kappa shape index (κ3) is 56.3. The van der Waals surface area contributed by atoms with E-state index in [2.05, 4.69) is 69.4 Å².